The van der Waals surface area contributed by atoms with Crippen LogP contribution >= 0.6 is 11.3 Å². The minimum Gasteiger partial charge on any atom is -0.324 e. The van der Waals surface area contributed by atoms with Gasteiger partial charge in [-0.05, 0) is 55.1 Å². The molecule has 2 amide bonds. The zero-order chi connectivity index (χ0) is 30.8. The summed E-state index contributed by atoms with van der Waals surface area (Å²) >= 11 is 1.54. The molecule has 10 nitrogen and oxygen atoms in total. The van der Waals surface area contributed by atoms with Crippen LogP contribution in [0.15, 0.2) is 103 Å². The maximum Gasteiger partial charge on any atom is 0.255 e. The highest BCUT2D eigenvalue weighted by Gasteiger charge is 2.24. The van der Waals surface area contributed by atoms with Crippen molar-refractivity contribution in [2.24, 2.45) is 0 Å². The second-order valence-corrected chi connectivity index (χ2v) is 11.5. The Balaban J connectivity index is 1.17. The number of hydrogen-bond donors (Lipinski definition) is 2. The molecular weight excluding hydrogens is 584 g/mol. The molecule has 0 bridgehead atoms. The molecule has 0 atom stereocenters. The third-order valence-electron chi connectivity index (χ3n) is 7.75. The van der Waals surface area contributed by atoms with Gasteiger partial charge in [-0.25, -0.2) is 15.0 Å². The van der Waals surface area contributed by atoms with Crippen molar-refractivity contribution in [3.05, 3.63) is 108 Å². The Kier molecular flexibility index (Phi) is 7.76. The van der Waals surface area contributed by atoms with Gasteiger partial charge in [-0.15, -0.1) is 11.3 Å². The van der Waals surface area contributed by atoms with Crippen LogP contribution in [0.4, 0.5) is 23.0 Å². The van der Waals surface area contributed by atoms with E-state index in [1.807, 2.05) is 93.7 Å². The monoisotopic (exact) mass is 614 g/mol. The molecule has 45 heavy (non-hydrogen) atoms. The van der Waals surface area contributed by atoms with Gasteiger partial charge >= 0.3 is 0 Å². The van der Waals surface area contributed by atoms with Crippen LogP contribution in [0.25, 0.3) is 27.6 Å². The van der Waals surface area contributed by atoms with Crippen LogP contribution in [-0.2, 0) is 4.79 Å². The second kappa shape index (κ2) is 12.3. The van der Waals surface area contributed by atoms with Crippen LogP contribution in [0.1, 0.15) is 17.3 Å². The Labute approximate surface area is 264 Å². The van der Waals surface area contributed by atoms with E-state index >= 15 is 0 Å². The number of imidazole rings is 1. The minimum absolute atomic E-state index is 0.0928. The van der Waals surface area contributed by atoms with Gasteiger partial charge in [0.15, 0.2) is 4.96 Å². The van der Waals surface area contributed by atoms with E-state index in [-0.39, 0.29) is 11.8 Å². The number of amides is 2. The molecule has 1 saturated heterocycles. The Hall–Kier alpha value is -5.39. The first-order valence-corrected chi connectivity index (χ1v) is 15.6. The van der Waals surface area contributed by atoms with E-state index < -0.39 is 0 Å². The molecule has 3 aromatic heterocycles. The molecule has 11 heteroatoms. The first-order valence-electron chi connectivity index (χ1n) is 14.7. The Morgan fingerprint density at radius 1 is 0.933 bits per heavy atom. The summed E-state index contributed by atoms with van der Waals surface area (Å²) in [6, 6.07) is 26.4. The maximum absolute atomic E-state index is 12.8. The summed E-state index contributed by atoms with van der Waals surface area (Å²) in [6.45, 7) is 4.85. The number of benzene rings is 3. The number of anilines is 4. The van der Waals surface area contributed by atoms with E-state index in [4.69, 9.17) is 9.97 Å². The molecule has 1 aliphatic rings. The summed E-state index contributed by atoms with van der Waals surface area (Å²) in [4.78, 5) is 44.7. The fraction of sp³-hybridized carbons (Fsp3) is 0.147. The molecule has 7 rings (SSSR count). The number of nitrogens with one attached hydrogen (secondary N) is 2. The van der Waals surface area contributed by atoms with Crippen molar-refractivity contribution in [1.82, 2.24) is 24.3 Å². The number of aromatic nitrogens is 4. The zero-order valence-corrected chi connectivity index (χ0v) is 25.4. The van der Waals surface area contributed by atoms with Crippen LogP contribution < -0.4 is 15.5 Å². The predicted octanol–water partition coefficient (Wildman–Crippen LogP) is 6.18. The van der Waals surface area contributed by atoms with Crippen LogP contribution in [0.5, 0.6) is 0 Å². The number of rotatable bonds is 8. The molecule has 0 radical (unpaired) electrons. The molecule has 0 spiro atoms. The SMILES string of the molecule is CCN1CCN(c2cccc(Nc3nccc(-c4c(-c5cccc(NC(=O)c6ccccc6)c5)nc5sccn45)n3)c2)C(=O)C1. The van der Waals surface area contributed by atoms with E-state index in [0.29, 0.717) is 36.0 Å². The third kappa shape index (κ3) is 5.91. The Morgan fingerprint density at radius 3 is 2.62 bits per heavy atom. The molecule has 224 valence electrons. The van der Waals surface area contributed by atoms with Gasteiger partial charge in [0.1, 0.15) is 5.69 Å². The summed E-state index contributed by atoms with van der Waals surface area (Å²) < 4.78 is 2.02. The molecule has 0 unspecified atom stereocenters. The first-order chi connectivity index (χ1) is 22.1. The van der Waals surface area contributed by atoms with Gasteiger partial charge in [-0.2, -0.15) is 0 Å². The van der Waals surface area contributed by atoms with E-state index in [0.717, 1.165) is 46.4 Å². The lowest BCUT2D eigenvalue weighted by Crippen LogP contribution is -2.50. The van der Waals surface area contributed by atoms with Crippen LogP contribution in [0.3, 0.4) is 0 Å². The van der Waals surface area contributed by atoms with Crippen molar-refractivity contribution in [1.29, 1.82) is 0 Å². The summed E-state index contributed by atoms with van der Waals surface area (Å²) in [5, 5.41) is 8.30. The van der Waals surface area contributed by atoms with Gasteiger partial charge in [0.25, 0.3) is 5.91 Å². The molecule has 4 heterocycles. The quantitative estimate of drug-likeness (QED) is 0.211. The number of carbonyl (C=O) groups excluding carboxylic acids is 2. The fourth-order valence-corrected chi connectivity index (χ4v) is 6.18. The highest BCUT2D eigenvalue weighted by atomic mass is 32.1. The number of piperazine rings is 1. The first kappa shape index (κ1) is 28.4. The van der Waals surface area contributed by atoms with E-state index in [9.17, 15) is 9.59 Å². The molecule has 1 fully saturated rings. The highest BCUT2D eigenvalue weighted by Crippen LogP contribution is 2.35. The molecule has 3 aromatic carbocycles. The Bertz CT molecular complexity index is 2000. The highest BCUT2D eigenvalue weighted by molar-refractivity contribution is 7.15. The summed E-state index contributed by atoms with van der Waals surface area (Å²) in [6.07, 6.45) is 3.69. The number of fused-ring (bicyclic) bond motifs is 1. The maximum atomic E-state index is 12.8. The largest absolute Gasteiger partial charge is 0.324 e. The molecule has 1 aliphatic heterocycles. The van der Waals surface area contributed by atoms with Gasteiger partial charge in [0.05, 0.1) is 17.9 Å². The van der Waals surface area contributed by atoms with E-state index in [2.05, 4.69) is 27.4 Å². The molecule has 0 aliphatic carbocycles. The van der Waals surface area contributed by atoms with Crippen molar-refractivity contribution in [2.45, 2.75) is 6.92 Å². The number of thiazole rings is 1. The van der Waals surface area contributed by atoms with Gasteiger partial charge in [-0.1, -0.05) is 43.3 Å². The number of hydrogen-bond acceptors (Lipinski definition) is 8. The zero-order valence-electron chi connectivity index (χ0n) is 24.6. The lowest BCUT2D eigenvalue weighted by molar-refractivity contribution is -0.121. The predicted molar refractivity (Wildman–Crippen MR) is 178 cm³/mol. The summed E-state index contributed by atoms with van der Waals surface area (Å²) in [5.41, 5.74) is 5.98. The normalized spacial score (nSPS) is 13.7. The van der Waals surface area contributed by atoms with Crippen molar-refractivity contribution >= 4 is 51.1 Å². The second-order valence-electron chi connectivity index (χ2n) is 10.6. The summed E-state index contributed by atoms with van der Waals surface area (Å²) in [5.74, 6) is 0.337. The van der Waals surface area contributed by atoms with Crippen LogP contribution in [0.2, 0.25) is 0 Å². The van der Waals surface area contributed by atoms with Crippen molar-refractivity contribution < 1.29 is 9.59 Å². The number of nitrogens with zero attached hydrogens (tertiary/aromatic N) is 6. The molecule has 6 aromatic rings. The topological polar surface area (TPSA) is 108 Å². The van der Waals surface area contributed by atoms with Crippen molar-refractivity contribution in [2.75, 3.05) is 41.7 Å². The Morgan fingerprint density at radius 2 is 1.78 bits per heavy atom. The number of carbonyl (C=O) groups is 2. The van der Waals surface area contributed by atoms with Gasteiger partial charge < -0.3 is 15.5 Å². The smallest absolute Gasteiger partial charge is 0.255 e. The lowest BCUT2D eigenvalue weighted by atomic mass is 10.1. The van der Waals surface area contributed by atoms with Gasteiger partial charge in [0.2, 0.25) is 11.9 Å². The van der Waals surface area contributed by atoms with Crippen molar-refractivity contribution in [3.8, 4) is 22.6 Å². The lowest BCUT2D eigenvalue weighted by Gasteiger charge is -2.33. The number of likely N-dealkylation sites (N-methyl/N-ethyl adjacent to an activating group) is 1. The average Bonchev–Trinajstić information content (AvgIpc) is 3.67. The standard InChI is InChI=1S/C34H30N8O2S/c1-2-40-16-17-41(29(43)22-40)27-13-7-12-26(21-27)37-33-35-15-14-28(38-33)31-30(39-34-42(31)18-19-45-34)24-10-6-11-25(20-24)36-32(44)23-8-4-3-5-9-23/h3-15,18-21H,2,16-17,22H2,1H3,(H,36,44)(H,35,37,38). The van der Waals surface area contributed by atoms with E-state index in [1.165, 1.54) is 11.3 Å². The molecule has 0 saturated carbocycles. The van der Waals surface area contributed by atoms with Crippen LogP contribution in [-0.4, -0.2) is 62.2 Å². The molecular formula is C34H30N8O2S. The fourth-order valence-electron chi connectivity index (χ4n) is 5.47. The molecule has 2 N–H and O–H groups in total. The minimum atomic E-state index is -0.179. The van der Waals surface area contributed by atoms with Crippen molar-refractivity contribution in [3.63, 3.8) is 0 Å². The van der Waals surface area contributed by atoms with Gasteiger partial charge in [0, 0.05) is 59.1 Å². The van der Waals surface area contributed by atoms with Gasteiger partial charge in [-0.3, -0.25) is 18.9 Å². The summed E-state index contributed by atoms with van der Waals surface area (Å²) in [7, 11) is 0. The average molecular weight is 615 g/mol. The third-order valence-corrected chi connectivity index (χ3v) is 8.51. The van der Waals surface area contributed by atoms with E-state index in [1.54, 1.807) is 18.3 Å². The van der Waals surface area contributed by atoms with Crippen LogP contribution in [0, 0.1) is 0 Å².